The predicted octanol–water partition coefficient (Wildman–Crippen LogP) is 4.61. The number of alkyl halides is 3. The van der Waals surface area contributed by atoms with Gasteiger partial charge in [0.25, 0.3) is 0 Å². The number of halogens is 4. The van der Waals surface area contributed by atoms with Crippen LogP contribution in [0.2, 0.25) is 0 Å². The lowest BCUT2D eigenvalue weighted by Crippen LogP contribution is -2.43. The van der Waals surface area contributed by atoms with Crippen LogP contribution >= 0.6 is 0 Å². The second-order valence-corrected chi connectivity index (χ2v) is 7.87. The molecular formula is C24H24F4N4O2. The van der Waals surface area contributed by atoms with Crippen molar-refractivity contribution in [3.05, 3.63) is 47.4 Å². The molecule has 0 unspecified atom stereocenters. The average Bonchev–Trinajstić information content (AvgIpc) is 2.83. The first kappa shape index (κ1) is 23.7. The minimum absolute atomic E-state index is 0.0730. The first-order chi connectivity index (χ1) is 16.3. The molecule has 2 N–H and O–H groups in total. The largest absolute Gasteiger partial charge is 0.496 e. The minimum Gasteiger partial charge on any atom is -0.496 e. The highest BCUT2D eigenvalue weighted by atomic mass is 19.4. The molecule has 2 heterocycles. The van der Waals surface area contributed by atoms with Crippen LogP contribution in [0.25, 0.3) is 22.0 Å². The van der Waals surface area contributed by atoms with Gasteiger partial charge in [0.2, 0.25) is 6.41 Å². The van der Waals surface area contributed by atoms with Crippen LogP contribution < -0.4 is 20.3 Å². The van der Waals surface area contributed by atoms with Crippen LogP contribution in [0.3, 0.4) is 0 Å². The number of hydrogen-bond acceptors (Lipinski definition) is 5. The topological polar surface area (TPSA) is 66.5 Å². The Morgan fingerprint density at radius 1 is 1.24 bits per heavy atom. The van der Waals surface area contributed by atoms with Crippen molar-refractivity contribution in [2.24, 2.45) is 0 Å². The first-order valence-corrected chi connectivity index (χ1v) is 10.9. The van der Waals surface area contributed by atoms with Crippen molar-refractivity contribution < 1.29 is 27.1 Å². The summed E-state index contributed by atoms with van der Waals surface area (Å²) in [5, 5.41) is 6.29. The zero-order chi connectivity index (χ0) is 24.5. The van der Waals surface area contributed by atoms with Gasteiger partial charge in [0.15, 0.2) is 5.82 Å². The number of carbonyl (C=O) groups excluding carboxylic acids is 1. The standard InChI is InChI=1S/C24H24F4N4O2/c1-3-14-11-15-22(30-12-17(31-13-33)23(15)32-9-7-29-8-10-32)21(25)19(14)20-16(24(26,27)28)5-4-6-18(20)34-2/h4-6,11-13,29H,3,7-10H2,1-2H3,(H,31,33). The molecule has 0 aliphatic carbocycles. The molecule has 0 atom stereocenters. The van der Waals surface area contributed by atoms with Crippen LogP contribution in [-0.2, 0) is 17.4 Å². The Balaban J connectivity index is 2.07. The number of piperazine rings is 1. The highest BCUT2D eigenvalue weighted by Crippen LogP contribution is 2.47. The molecule has 10 heteroatoms. The van der Waals surface area contributed by atoms with E-state index in [0.29, 0.717) is 54.9 Å². The van der Waals surface area contributed by atoms with Gasteiger partial charge in [-0.25, -0.2) is 4.39 Å². The number of pyridine rings is 1. The third-order valence-corrected chi connectivity index (χ3v) is 5.99. The maximum atomic E-state index is 16.1. The maximum Gasteiger partial charge on any atom is 0.417 e. The van der Waals surface area contributed by atoms with E-state index in [1.165, 1.54) is 25.4 Å². The lowest BCUT2D eigenvalue weighted by molar-refractivity contribution is -0.137. The Morgan fingerprint density at radius 3 is 2.59 bits per heavy atom. The summed E-state index contributed by atoms with van der Waals surface area (Å²) in [6.07, 6.45) is -2.60. The molecule has 6 nitrogen and oxygen atoms in total. The van der Waals surface area contributed by atoms with E-state index in [0.717, 1.165) is 6.07 Å². The van der Waals surface area contributed by atoms with Gasteiger partial charge in [-0.05, 0) is 30.2 Å². The quantitative estimate of drug-likeness (QED) is 0.402. The van der Waals surface area contributed by atoms with Gasteiger partial charge < -0.3 is 20.3 Å². The lowest BCUT2D eigenvalue weighted by atomic mass is 9.90. The number of ether oxygens (including phenoxy) is 1. The molecular weight excluding hydrogens is 452 g/mol. The number of nitrogens with one attached hydrogen (secondary N) is 2. The van der Waals surface area contributed by atoms with E-state index in [4.69, 9.17) is 4.74 Å². The van der Waals surface area contributed by atoms with E-state index >= 15 is 4.39 Å². The Kier molecular flexibility index (Phi) is 6.60. The molecule has 1 aliphatic heterocycles. The summed E-state index contributed by atoms with van der Waals surface area (Å²) in [6.45, 7) is 4.37. The highest BCUT2D eigenvalue weighted by Gasteiger charge is 2.37. The number of aromatic nitrogens is 1. The summed E-state index contributed by atoms with van der Waals surface area (Å²) in [6, 6.07) is 5.19. The monoisotopic (exact) mass is 476 g/mol. The molecule has 0 bridgehead atoms. The van der Waals surface area contributed by atoms with Crippen LogP contribution in [0.1, 0.15) is 18.1 Å². The van der Waals surface area contributed by atoms with E-state index in [9.17, 15) is 18.0 Å². The zero-order valence-corrected chi connectivity index (χ0v) is 18.7. The van der Waals surface area contributed by atoms with Crippen molar-refractivity contribution in [2.45, 2.75) is 19.5 Å². The third-order valence-electron chi connectivity index (χ3n) is 5.99. The van der Waals surface area contributed by atoms with Crippen molar-refractivity contribution in [1.29, 1.82) is 0 Å². The number of rotatable bonds is 6. The van der Waals surface area contributed by atoms with Gasteiger partial charge in [-0.3, -0.25) is 9.78 Å². The number of nitrogens with zero attached hydrogens (tertiary/aromatic N) is 2. The van der Waals surface area contributed by atoms with Crippen molar-refractivity contribution >= 4 is 28.7 Å². The summed E-state index contributed by atoms with van der Waals surface area (Å²) in [5.41, 5.74) is -0.218. The molecule has 0 spiro atoms. The van der Waals surface area contributed by atoms with E-state index in [2.05, 4.69) is 15.6 Å². The predicted molar refractivity (Wildman–Crippen MR) is 123 cm³/mol. The number of methoxy groups -OCH3 is 1. The van der Waals surface area contributed by atoms with Crippen molar-refractivity contribution in [2.75, 3.05) is 43.5 Å². The van der Waals surface area contributed by atoms with Gasteiger partial charge in [0.05, 0.1) is 30.2 Å². The van der Waals surface area contributed by atoms with E-state index in [-0.39, 0.29) is 28.8 Å². The van der Waals surface area contributed by atoms with Crippen LogP contribution in [-0.4, -0.2) is 44.7 Å². The summed E-state index contributed by atoms with van der Waals surface area (Å²) in [7, 11) is 1.25. The number of fused-ring (bicyclic) bond motifs is 1. The molecule has 34 heavy (non-hydrogen) atoms. The summed E-state index contributed by atoms with van der Waals surface area (Å²) < 4.78 is 63.2. The SMILES string of the molecule is CCc1cc2c(N3CCNCC3)c(NC=O)cnc2c(F)c1-c1c(OC)cccc1C(F)(F)F. The van der Waals surface area contributed by atoms with Gasteiger partial charge in [-0.15, -0.1) is 0 Å². The molecule has 0 radical (unpaired) electrons. The molecule has 180 valence electrons. The number of hydrogen-bond donors (Lipinski definition) is 2. The fraction of sp³-hybridized carbons (Fsp3) is 0.333. The minimum atomic E-state index is -4.71. The number of amides is 1. The van der Waals surface area contributed by atoms with Crippen LogP contribution in [0, 0.1) is 5.82 Å². The summed E-state index contributed by atoms with van der Waals surface area (Å²) >= 11 is 0. The third kappa shape index (κ3) is 4.13. The number of benzene rings is 2. The van der Waals surface area contributed by atoms with Gasteiger partial charge in [0.1, 0.15) is 11.3 Å². The molecule has 1 amide bonds. The van der Waals surface area contributed by atoms with Crippen molar-refractivity contribution in [3.8, 4) is 16.9 Å². The smallest absolute Gasteiger partial charge is 0.417 e. The Bertz CT molecular complexity index is 1220. The highest BCUT2D eigenvalue weighted by molar-refractivity contribution is 6.03. The maximum absolute atomic E-state index is 16.1. The second kappa shape index (κ2) is 9.46. The fourth-order valence-corrected chi connectivity index (χ4v) is 4.48. The van der Waals surface area contributed by atoms with Crippen LogP contribution in [0.4, 0.5) is 28.9 Å². The second-order valence-electron chi connectivity index (χ2n) is 7.87. The zero-order valence-electron chi connectivity index (χ0n) is 18.7. The van der Waals surface area contributed by atoms with E-state index < -0.39 is 17.6 Å². The lowest BCUT2D eigenvalue weighted by Gasteiger charge is -2.32. The number of carbonyl (C=O) groups is 1. The van der Waals surface area contributed by atoms with Gasteiger partial charge in [-0.1, -0.05) is 13.0 Å². The number of anilines is 2. The molecule has 1 aliphatic rings. The van der Waals surface area contributed by atoms with E-state index in [1.807, 2.05) is 4.90 Å². The van der Waals surface area contributed by atoms with Gasteiger partial charge in [-0.2, -0.15) is 13.2 Å². The molecule has 1 aromatic heterocycles. The molecule has 2 aromatic carbocycles. The van der Waals surface area contributed by atoms with Gasteiger partial charge in [0, 0.05) is 42.7 Å². The van der Waals surface area contributed by atoms with Crippen molar-refractivity contribution in [3.63, 3.8) is 0 Å². The first-order valence-electron chi connectivity index (χ1n) is 10.9. The molecule has 1 fully saturated rings. The molecule has 4 rings (SSSR count). The molecule has 1 saturated heterocycles. The van der Waals surface area contributed by atoms with Crippen molar-refractivity contribution in [1.82, 2.24) is 10.3 Å². The Labute approximate surface area is 193 Å². The van der Waals surface area contributed by atoms with Crippen LogP contribution in [0.15, 0.2) is 30.5 Å². The molecule has 0 saturated carbocycles. The van der Waals surface area contributed by atoms with Gasteiger partial charge >= 0.3 is 6.18 Å². The van der Waals surface area contributed by atoms with Crippen LogP contribution in [0.5, 0.6) is 5.75 Å². The van der Waals surface area contributed by atoms with E-state index in [1.54, 1.807) is 13.0 Å². The average molecular weight is 476 g/mol. The summed E-state index contributed by atoms with van der Waals surface area (Å²) in [4.78, 5) is 17.4. The Morgan fingerprint density at radius 2 is 1.97 bits per heavy atom. The fourth-order valence-electron chi connectivity index (χ4n) is 4.48. The Hall–Kier alpha value is -3.40. The number of aryl methyl sites for hydroxylation is 1. The normalized spacial score (nSPS) is 14.4. The summed E-state index contributed by atoms with van der Waals surface area (Å²) in [5.74, 6) is -0.942. The molecule has 3 aromatic rings.